The monoisotopic (exact) mass is 229 g/mol. The molecule has 17 heavy (non-hydrogen) atoms. The summed E-state index contributed by atoms with van der Waals surface area (Å²) in [6.07, 6.45) is 4.01. The highest BCUT2D eigenvalue weighted by Crippen LogP contribution is 2.11. The van der Waals surface area contributed by atoms with Crippen molar-refractivity contribution in [3.63, 3.8) is 0 Å². The van der Waals surface area contributed by atoms with Gasteiger partial charge in [0.05, 0.1) is 6.20 Å². The lowest BCUT2D eigenvalue weighted by Crippen LogP contribution is -2.17. The van der Waals surface area contributed by atoms with Gasteiger partial charge in [-0.25, -0.2) is 0 Å². The molecule has 0 saturated carbocycles. The molecule has 2 rings (SSSR count). The molecule has 0 aliphatic carbocycles. The summed E-state index contributed by atoms with van der Waals surface area (Å²) < 4.78 is 1.95. The van der Waals surface area contributed by atoms with E-state index in [0.29, 0.717) is 6.04 Å². The molecule has 1 N–H and O–H groups in total. The molecule has 3 heteroatoms. The van der Waals surface area contributed by atoms with Crippen LogP contribution in [0.15, 0.2) is 42.7 Å². The summed E-state index contributed by atoms with van der Waals surface area (Å²) in [6, 6.07) is 10.8. The number of aromatic nitrogens is 2. The molecule has 0 bridgehead atoms. The molecule has 0 spiro atoms. The normalized spacial score (nSPS) is 12.6. The Kier molecular flexibility index (Phi) is 3.94. The molecule has 1 atom stereocenters. The highest BCUT2D eigenvalue weighted by Gasteiger charge is 2.04. The number of rotatable bonds is 5. The Bertz CT molecular complexity index is 448. The number of nitrogens with zero attached hydrogens (tertiary/aromatic N) is 2. The van der Waals surface area contributed by atoms with Gasteiger partial charge in [-0.05, 0) is 19.4 Å². The van der Waals surface area contributed by atoms with Gasteiger partial charge in [0, 0.05) is 30.9 Å². The fourth-order valence-electron chi connectivity index (χ4n) is 1.80. The second kappa shape index (κ2) is 5.64. The second-order valence-corrected chi connectivity index (χ2v) is 4.22. The smallest absolute Gasteiger partial charge is 0.0534 e. The minimum absolute atomic E-state index is 0.362. The molecule has 0 fully saturated rings. The third kappa shape index (κ3) is 3.17. The topological polar surface area (TPSA) is 29.9 Å². The molecule has 1 aromatic heterocycles. The third-order valence-corrected chi connectivity index (χ3v) is 2.92. The van der Waals surface area contributed by atoms with E-state index in [0.717, 1.165) is 13.1 Å². The van der Waals surface area contributed by atoms with Gasteiger partial charge in [0.25, 0.3) is 0 Å². The van der Waals surface area contributed by atoms with Crippen molar-refractivity contribution < 1.29 is 0 Å². The van der Waals surface area contributed by atoms with E-state index in [1.807, 2.05) is 16.9 Å². The molecule has 1 aromatic carbocycles. The maximum absolute atomic E-state index is 4.26. The van der Waals surface area contributed by atoms with Crippen LogP contribution in [0.5, 0.6) is 0 Å². The summed E-state index contributed by atoms with van der Waals surface area (Å²) in [5, 5.41) is 7.76. The van der Waals surface area contributed by atoms with Gasteiger partial charge in [-0.2, -0.15) is 5.10 Å². The zero-order valence-electron chi connectivity index (χ0n) is 10.4. The van der Waals surface area contributed by atoms with E-state index >= 15 is 0 Å². The van der Waals surface area contributed by atoms with E-state index < -0.39 is 0 Å². The van der Waals surface area contributed by atoms with E-state index in [1.54, 1.807) is 0 Å². The molecular formula is C14H19N3. The molecule has 0 saturated heterocycles. The minimum atomic E-state index is 0.362. The van der Waals surface area contributed by atoms with Crippen LogP contribution < -0.4 is 5.32 Å². The number of nitrogens with one attached hydrogen (secondary N) is 1. The van der Waals surface area contributed by atoms with Gasteiger partial charge in [-0.15, -0.1) is 0 Å². The predicted molar refractivity (Wildman–Crippen MR) is 69.6 cm³/mol. The van der Waals surface area contributed by atoms with Crippen molar-refractivity contribution in [2.24, 2.45) is 0 Å². The first-order chi connectivity index (χ1) is 8.29. The van der Waals surface area contributed by atoms with Crippen molar-refractivity contribution in [3.05, 3.63) is 53.9 Å². The van der Waals surface area contributed by atoms with Crippen LogP contribution in [0.25, 0.3) is 0 Å². The molecule has 0 radical (unpaired) electrons. The average Bonchev–Trinajstić information content (AvgIpc) is 2.85. The molecule has 0 amide bonds. The van der Waals surface area contributed by atoms with Crippen LogP contribution in [0.1, 0.15) is 31.0 Å². The number of hydrogen-bond donors (Lipinski definition) is 1. The lowest BCUT2D eigenvalue weighted by molar-refractivity contribution is 0.574. The lowest BCUT2D eigenvalue weighted by Gasteiger charge is -2.13. The van der Waals surface area contributed by atoms with Gasteiger partial charge in [0.15, 0.2) is 0 Å². The number of hydrogen-bond acceptors (Lipinski definition) is 2. The first-order valence-corrected chi connectivity index (χ1v) is 6.09. The van der Waals surface area contributed by atoms with Gasteiger partial charge < -0.3 is 5.32 Å². The average molecular weight is 229 g/mol. The van der Waals surface area contributed by atoms with Crippen molar-refractivity contribution in [2.45, 2.75) is 33.0 Å². The second-order valence-electron chi connectivity index (χ2n) is 4.22. The van der Waals surface area contributed by atoms with Gasteiger partial charge in [-0.3, -0.25) is 4.68 Å². The van der Waals surface area contributed by atoms with Crippen LogP contribution in [-0.2, 0) is 13.1 Å². The summed E-state index contributed by atoms with van der Waals surface area (Å²) in [6.45, 7) is 6.06. The van der Waals surface area contributed by atoms with Crippen molar-refractivity contribution in [2.75, 3.05) is 0 Å². The third-order valence-electron chi connectivity index (χ3n) is 2.92. The minimum Gasteiger partial charge on any atom is -0.306 e. The van der Waals surface area contributed by atoms with Crippen LogP contribution in [0.3, 0.4) is 0 Å². The molecule has 0 aliphatic rings. The van der Waals surface area contributed by atoms with Crippen molar-refractivity contribution in [1.82, 2.24) is 15.1 Å². The van der Waals surface area contributed by atoms with Gasteiger partial charge in [0.1, 0.15) is 0 Å². The Morgan fingerprint density at radius 3 is 2.71 bits per heavy atom. The van der Waals surface area contributed by atoms with Crippen molar-refractivity contribution in [3.8, 4) is 0 Å². The van der Waals surface area contributed by atoms with Crippen LogP contribution in [0.2, 0.25) is 0 Å². The molecule has 3 nitrogen and oxygen atoms in total. The fraction of sp³-hybridized carbons (Fsp3) is 0.357. The highest BCUT2D eigenvalue weighted by molar-refractivity contribution is 5.18. The lowest BCUT2D eigenvalue weighted by atomic mass is 10.1. The van der Waals surface area contributed by atoms with E-state index in [4.69, 9.17) is 0 Å². The maximum atomic E-state index is 4.26. The van der Waals surface area contributed by atoms with Gasteiger partial charge >= 0.3 is 0 Å². The van der Waals surface area contributed by atoms with Gasteiger partial charge in [-0.1, -0.05) is 30.3 Å². The molecule has 2 aromatic rings. The number of benzene rings is 1. The first-order valence-electron chi connectivity index (χ1n) is 6.09. The summed E-state index contributed by atoms with van der Waals surface area (Å²) >= 11 is 0. The van der Waals surface area contributed by atoms with Gasteiger partial charge in [0.2, 0.25) is 0 Å². The quantitative estimate of drug-likeness (QED) is 0.854. The number of aryl methyl sites for hydroxylation is 1. The van der Waals surface area contributed by atoms with E-state index in [9.17, 15) is 0 Å². The summed E-state index contributed by atoms with van der Waals surface area (Å²) in [7, 11) is 0. The van der Waals surface area contributed by atoms with Crippen molar-refractivity contribution >= 4 is 0 Å². The highest BCUT2D eigenvalue weighted by atomic mass is 15.3. The molecule has 0 unspecified atom stereocenters. The Balaban J connectivity index is 1.90. The molecule has 90 valence electrons. The Morgan fingerprint density at radius 1 is 1.29 bits per heavy atom. The van der Waals surface area contributed by atoms with E-state index in [2.05, 4.69) is 54.7 Å². The fourth-order valence-corrected chi connectivity index (χ4v) is 1.80. The van der Waals surface area contributed by atoms with Crippen molar-refractivity contribution in [1.29, 1.82) is 0 Å². The summed E-state index contributed by atoms with van der Waals surface area (Å²) in [5.41, 5.74) is 2.55. The van der Waals surface area contributed by atoms with E-state index in [-0.39, 0.29) is 0 Å². The first kappa shape index (κ1) is 11.9. The largest absolute Gasteiger partial charge is 0.306 e. The Labute approximate surface area is 102 Å². The molecule has 0 aliphatic heterocycles. The molecular weight excluding hydrogens is 210 g/mol. The zero-order valence-corrected chi connectivity index (χ0v) is 10.4. The summed E-state index contributed by atoms with van der Waals surface area (Å²) in [4.78, 5) is 0. The summed E-state index contributed by atoms with van der Waals surface area (Å²) in [5.74, 6) is 0. The maximum Gasteiger partial charge on any atom is 0.0534 e. The SMILES string of the molecule is CCn1cc(CN[C@H](C)c2ccccc2)cn1. The van der Waals surface area contributed by atoms with Crippen LogP contribution in [-0.4, -0.2) is 9.78 Å². The predicted octanol–water partition coefficient (Wildman–Crippen LogP) is 2.75. The van der Waals surface area contributed by atoms with Crippen LogP contribution in [0.4, 0.5) is 0 Å². The Hall–Kier alpha value is -1.61. The molecule has 1 heterocycles. The standard InChI is InChI=1S/C14H19N3/c1-3-17-11-13(10-16-17)9-15-12(2)14-7-5-4-6-8-14/h4-8,10-12,15H,3,9H2,1-2H3/t12-/m1/s1. The zero-order chi connectivity index (χ0) is 12.1. The van der Waals surface area contributed by atoms with Crippen LogP contribution >= 0.6 is 0 Å². The Morgan fingerprint density at radius 2 is 2.06 bits per heavy atom. The van der Waals surface area contributed by atoms with E-state index in [1.165, 1.54) is 11.1 Å². The van der Waals surface area contributed by atoms with Crippen LogP contribution in [0, 0.1) is 0 Å².